The lowest BCUT2D eigenvalue weighted by Gasteiger charge is -2.09. The number of para-hydroxylation sites is 1. The molecular formula is C15H15N5. The van der Waals surface area contributed by atoms with E-state index in [9.17, 15) is 0 Å². The molecule has 0 radical (unpaired) electrons. The normalized spacial score (nSPS) is 10.8. The largest absolute Gasteiger partial charge is 0.308 e. The van der Waals surface area contributed by atoms with Gasteiger partial charge in [0, 0.05) is 16.8 Å². The van der Waals surface area contributed by atoms with Crippen LogP contribution in [0.2, 0.25) is 0 Å². The number of anilines is 2. The van der Waals surface area contributed by atoms with Crippen LogP contribution in [-0.4, -0.2) is 19.9 Å². The van der Waals surface area contributed by atoms with Crippen molar-refractivity contribution in [3.63, 3.8) is 0 Å². The topological polar surface area (TPSA) is 63.6 Å². The van der Waals surface area contributed by atoms with E-state index in [0.717, 1.165) is 33.9 Å². The van der Waals surface area contributed by atoms with Gasteiger partial charge in [-0.2, -0.15) is 0 Å². The van der Waals surface area contributed by atoms with Crippen molar-refractivity contribution in [2.24, 2.45) is 0 Å². The molecular weight excluding hydrogens is 250 g/mol. The van der Waals surface area contributed by atoms with E-state index in [1.165, 1.54) is 0 Å². The Morgan fingerprint density at radius 3 is 2.30 bits per heavy atom. The van der Waals surface area contributed by atoms with Crippen molar-refractivity contribution in [3.05, 3.63) is 47.5 Å². The van der Waals surface area contributed by atoms with E-state index in [1.807, 2.05) is 51.1 Å². The molecule has 0 bridgehead atoms. The van der Waals surface area contributed by atoms with E-state index in [0.29, 0.717) is 5.95 Å². The standard InChI is InChI=1S/C15H15N5/c1-9-8-10(2)17-15(16-9)20-14-12-6-4-5-7-13(12)18-11(3)19-14/h4-8H,1-3H3,(H,16,17,18,19,20). The molecule has 0 aliphatic rings. The molecule has 0 unspecified atom stereocenters. The molecule has 2 aromatic heterocycles. The van der Waals surface area contributed by atoms with Crippen molar-refractivity contribution in [1.29, 1.82) is 0 Å². The Balaban J connectivity index is 2.10. The molecule has 0 saturated heterocycles. The van der Waals surface area contributed by atoms with Crippen molar-refractivity contribution in [2.45, 2.75) is 20.8 Å². The number of nitrogens with one attached hydrogen (secondary N) is 1. The molecule has 2 heterocycles. The molecule has 0 fully saturated rings. The Bertz CT molecular complexity index is 762. The number of benzene rings is 1. The van der Waals surface area contributed by atoms with Gasteiger partial charge in [0.15, 0.2) is 0 Å². The average Bonchev–Trinajstić information content (AvgIpc) is 2.37. The highest BCUT2D eigenvalue weighted by molar-refractivity contribution is 5.90. The summed E-state index contributed by atoms with van der Waals surface area (Å²) in [6.07, 6.45) is 0. The maximum Gasteiger partial charge on any atom is 0.228 e. The van der Waals surface area contributed by atoms with Crippen molar-refractivity contribution in [2.75, 3.05) is 5.32 Å². The molecule has 1 aromatic carbocycles. The summed E-state index contributed by atoms with van der Waals surface area (Å²) in [5.74, 6) is 2.01. The first-order valence-electron chi connectivity index (χ1n) is 6.44. The van der Waals surface area contributed by atoms with E-state index in [1.54, 1.807) is 0 Å². The van der Waals surface area contributed by atoms with Crippen LogP contribution >= 0.6 is 0 Å². The Kier molecular flexibility index (Phi) is 3.02. The van der Waals surface area contributed by atoms with Gasteiger partial charge in [0.2, 0.25) is 5.95 Å². The van der Waals surface area contributed by atoms with Crippen molar-refractivity contribution < 1.29 is 0 Å². The molecule has 100 valence electrons. The minimum atomic E-state index is 0.561. The number of aromatic nitrogens is 4. The zero-order valence-corrected chi connectivity index (χ0v) is 11.7. The Morgan fingerprint density at radius 1 is 0.850 bits per heavy atom. The summed E-state index contributed by atoms with van der Waals surface area (Å²) in [7, 11) is 0. The fourth-order valence-electron chi connectivity index (χ4n) is 2.18. The third-order valence-electron chi connectivity index (χ3n) is 2.93. The lowest BCUT2D eigenvalue weighted by molar-refractivity contribution is 1.04. The molecule has 3 aromatic rings. The number of rotatable bonds is 2. The molecule has 0 aliphatic carbocycles. The summed E-state index contributed by atoms with van der Waals surface area (Å²) in [4.78, 5) is 17.6. The zero-order chi connectivity index (χ0) is 14.1. The van der Waals surface area contributed by atoms with Crippen LogP contribution in [-0.2, 0) is 0 Å². The monoisotopic (exact) mass is 265 g/mol. The van der Waals surface area contributed by atoms with Crippen LogP contribution < -0.4 is 5.32 Å². The summed E-state index contributed by atoms with van der Waals surface area (Å²) in [6.45, 7) is 5.77. The summed E-state index contributed by atoms with van der Waals surface area (Å²) in [5, 5.41) is 4.16. The van der Waals surface area contributed by atoms with E-state index in [2.05, 4.69) is 25.3 Å². The first-order valence-corrected chi connectivity index (χ1v) is 6.44. The van der Waals surface area contributed by atoms with Crippen LogP contribution in [0.3, 0.4) is 0 Å². The summed E-state index contributed by atoms with van der Waals surface area (Å²) in [5.41, 5.74) is 2.76. The van der Waals surface area contributed by atoms with Gasteiger partial charge in [-0.05, 0) is 39.0 Å². The van der Waals surface area contributed by atoms with Gasteiger partial charge in [-0.15, -0.1) is 0 Å². The predicted molar refractivity (Wildman–Crippen MR) is 79.1 cm³/mol. The minimum absolute atomic E-state index is 0.561. The van der Waals surface area contributed by atoms with Gasteiger partial charge in [-0.3, -0.25) is 0 Å². The molecule has 20 heavy (non-hydrogen) atoms. The maximum atomic E-state index is 4.45. The van der Waals surface area contributed by atoms with Crippen LogP contribution in [0, 0.1) is 20.8 Å². The van der Waals surface area contributed by atoms with Crippen molar-refractivity contribution in [3.8, 4) is 0 Å². The van der Waals surface area contributed by atoms with Crippen molar-refractivity contribution >= 4 is 22.7 Å². The predicted octanol–water partition coefficient (Wildman–Crippen LogP) is 3.09. The van der Waals surface area contributed by atoms with Gasteiger partial charge >= 0.3 is 0 Å². The third-order valence-corrected chi connectivity index (χ3v) is 2.93. The molecule has 5 heteroatoms. The number of fused-ring (bicyclic) bond motifs is 1. The van der Waals surface area contributed by atoms with Crippen molar-refractivity contribution in [1.82, 2.24) is 19.9 Å². The smallest absolute Gasteiger partial charge is 0.228 e. The van der Waals surface area contributed by atoms with E-state index >= 15 is 0 Å². The quantitative estimate of drug-likeness (QED) is 0.771. The van der Waals surface area contributed by atoms with Crippen LogP contribution in [0.15, 0.2) is 30.3 Å². The Hall–Kier alpha value is -2.56. The molecule has 1 N–H and O–H groups in total. The third kappa shape index (κ3) is 2.42. The number of hydrogen-bond donors (Lipinski definition) is 1. The second-order valence-corrected chi connectivity index (χ2v) is 4.74. The summed E-state index contributed by atoms with van der Waals surface area (Å²) in [6, 6.07) is 9.83. The van der Waals surface area contributed by atoms with Crippen LogP contribution in [0.1, 0.15) is 17.2 Å². The highest BCUT2D eigenvalue weighted by atomic mass is 15.1. The van der Waals surface area contributed by atoms with Crippen LogP contribution in [0.25, 0.3) is 10.9 Å². The molecule has 0 spiro atoms. The second-order valence-electron chi connectivity index (χ2n) is 4.74. The lowest BCUT2D eigenvalue weighted by Crippen LogP contribution is -2.03. The number of aryl methyl sites for hydroxylation is 3. The van der Waals surface area contributed by atoms with Crippen LogP contribution in [0.5, 0.6) is 0 Å². The minimum Gasteiger partial charge on any atom is -0.308 e. The highest BCUT2D eigenvalue weighted by Gasteiger charge is 2.07. The lowest BCUT2D eigenvalue weighted by atomic mass is 10.2. The Morgan fingerprint density at radius 2 is 1.55 bits per heavy atom. The van der Waals surface area contributed by atoms with Gasteiger partial charge in [-0.1, -0.05) is 12.1 Å². The molecule has 5 nitrogen and oxygen atoms in total. The van der Waals surface area contributed by atoms with Gasteiger partial charge in [0.1, 0.15) is 11.6 Å². The molecule has 0 atom stereocenters. The highest BCUT2D eigenvalue weighted by Crippen LogP contribution is 2.22. The molecule has 3 rings (SSSR count). The van der Waals surface area contributed by atoms with E-state index < -0.39 is 0 Å². The fourth-order valence-corrected chi connectivity index (χ4v) is 2.18. The van der Waals surface area contributed by atoms with Gasteiger partial charge in [-0.25, -0.2) is 19.9 Å². The molecule has 0 amide bonds. The summed E-state index contributed by atoms with van der Waals surface area (Å²) >= 11 is 0. The first kappa shape index (κ1) is 12.5. The molecule has 0 aliphatic heterocycles. The Labute approximate surface area is 117 Å². The fraction of sp³-hybridized carbons (Fsp3) is 0.200. The average molecular weight is 265 g/mol. The SMILES string of the molecule is Cc1cc(C)nc(Nc2nc(C)nc3ccccc23)n1. The molecule has 0 saturated carbocycles. The number of nitrogens with zero attached hydrogens (tertiary/aromatic N) is 4. The second kappa shape index (κ2) is 4.85. The van der Waals surface area contributed by atoms with E-state index in [4.69, 9.17) is 0 Å². The van der Waals surface area contributed by atoms with Gasteiger partial charge < -0.3 is 5.32 Å². The van der Waals surface area contributed by atoms with Gasteiger partial charge in [0.05, 0.1) is 5.52 Å². The van der Waals surface area contributed by atoms with Gasteiger partial charge in [0.25, 0.3) is 0 Å². The number of hydrogen-bond acceptors (Lipinski definition) is 5. The summed E-state index contributed by atoms with van der Waals surface area (Å²) < 4.78 is 0. The first-order chi connectivity index (χ1) is 9.61. The zero-order valence-electron chi connectivity index (χ0n) is 11.7. The van der Waals surface area contributed by atoms with Crippen LogP contribution in [0.4, 0.5) is 11.8 Å². The van der Waals surface area contributed by atoms with E-state index in [-0.39, 0.29) is 0 Å². The maximum absolute atomic E-state index is 4.45.